The lowest BCUT2D eigenvalue weighted by molar-refractivity contribution is 0.569. The third-order valence-corrected chi connectivity index (χ3v) is 4.34. The van der Waals surface area contributed by atoms with Crippen LogP contribution in [-0.2, 0) is 6.54 Å². The van der Waals surface area contributed by atoms with Gasteiger partial charge in [-0.1, -0.05) is 25.5 Å². The first-order valence-corrected chi connectivity index (χ1v) is 7.42. The van der Waals surface area contributed by atoms with Gasteiger partial charge in [0.25, 0.3) is 0 Å². The Balaban J connectivity index is 1.56. The SMILES string of the molecule is CCC1CCN(c2ccc(CNC3CC3)cc2)C1. The van der Waals surface area contributed by atoms with E-state index in [4.69, 9.17) is 0 Å². The number of nitrogens with one attached hydrogen (secondary N) is 1. The van der Waals surface area contributed by atoms with E-state index in [0.717, 1.165) is 18.5 Å². The van der Waals surface area contributed by atoms with Gasteiger partial charge < -0.3 is 10.2 Å². The van der Waals surface area contributed by atoms with Crippen LogP contribution in [0.5, 0.6) is 0 Å². The van der Waals surface area contributed by atoms with Crippen LogP contribution in [0.1, 0.15) is 38.2 Å². The van der Waals surface area contributed by atoms with E-state index in [1.54, 1.807) is 0 Å². The molecule has 1 saturated heterocycles. The van der Waals surface area contributed by atoms with Crippen LogP contribution in [-0.4, -0.2) is 19.1 Å². The zero-order valence-electron chi connectivity index (χ0n) is 11.4. The summed E-state index contributed by atoms with van der Waals surface area (Å²) >= 11 is 0. The van der Waals surface area contributed by atoms with Crippen LogP contribution in [0.25, 0.3) is 0 Å². The standard InChI is InChI=1S/C16H24N2/c1-2-13-9-10-18(12-13)16-7-3-14(4-8-16)11-17-15-5-6-15/h3-4,7-8,13,15,17H,2,5-6,9-12H2,1H3. The van der Waals surface area contributed by atoms with Gasteiger partial charge in [-0.15, -0.1) is 0 Å². The molecular weight excluding hydrogens is 220 g/mol. The monoisotopic (exact) mass is 244 g/mol. The zero-order valence-corrected chi connectivity index (χ0v) is 11.4. The summed E-state index contributed by atoms with van der Waals surface area (Å²) < 4.78 is 0. The molecule has 1 aliphatic heterocycles. The first-order valence-electron chi connectivity index (χ1n) is 7.42. The fourth-order valence-electron chi connectivity index (χ4n) is 2.77. The van der Waals surface area contributed by atoms with Gasteiger partial charge >= 0.3 is 0 Å². The highest BCUT2D eigenvalue weighted by Crippen LogP contribution is 2.26. The molecule has 1 aliphatic carbocycles. The molecule has 2 nitrogen and oxygen atoms in total. The van der Waals surface area contributed by atoms with Crippen LogP contribution < -0.4 is 10.2 Å². The van der Waals surface area contributed by atoms with Gasteiger partial charge in [-0.3, -0.25) is 0 Å². The molecule has 0 bridgehead atoms. The zero-order chi connectivity index (χ0) is 12.4. The van der Waals surface area contributed by atoms with Crippen molar-refractivity contribution in [1.29, 1.82) is 0 Å². The van der Waals surface area contributed by atoms with Crippen molar-refractivity contribution in [3.8, 4) is 0 Å². The van der Waals surface area contributed by atoms with Crippen molar-refractivity contribution < 1.29 is 0 Å². The number of benzene rings is 1. The molecule has 1 aromatic carbocycles. The maximum Gasteiger partial charge on any atom is 0.0366 e. The van der Waals surface area contributed by atoms with E-state index in [2.05, 4.69) is 41.4 Å². The van der Waals surface area contributed by atoms with Crippen LogP contribution in [0.3, 0.4) is 0 Å². The average Bonchev–Trinajstić information content (AvgIpc) is 3.12. The molecule has 1 unspecified atom stereocenters. The normalized spacial score (nSPS) is 23.6. The van der Waals surface area contributed by atoms with Gasteiger partial charge in [0.2, 0.25) is 0 Å². The Morgan fingerprint density at radius 1 is 1.17 bits per heavy atom. The highest BCUT2D eigenvalue weighted by atomic mass is 15.1. The minimum atomic E-state index is 0.800. The molecule has 1 atom stereocenters. The van der Waals surface area contributed by atoms with Crippen LogP contribution >= 0.6 is 0 Å². The summed E-state index contributed by atoms with van der Waals surface area (Å²) in [6.45, 7) is 5.82. The lowest BCUT2D eigenvalue weighted by Gasteiger charge is -2.19. The second kappa shape index (κ2) is 5.31. The fraction of sp³-hybridized carbons (Fsp3) is 0.625. The summed E-state index contributed by atoms with van der Waals surface area (Å²) in [5.74, 6) is 0.904. The molecule has 98 valence electrons. The van der Waals surface area contributed by atoms with E-state index >= 15 is 0 Å². The minimum Gasteiger partial charge on any atom is -0.371 e. The summed E-state index contributed by atoms with van der Waals surface area (Å²) in [6, 6.07) is 9.95. The van der Waals surface area contributed by atoms with E-state index in [0.29, 0.717) is 0 Å². The average molecular weight is 244 g/mol. The Bertz CT molecular complexity index is 381. The van der Waals surface area contributed by atoms with Gasteiger partial charge in [-0.05, 0) is 42.9 Å². The van der Waals surface area contributed by atoms with Gasteiger partial charge in [0, 0.05) is 31.4 Å². The fourth-order valence-corrected chi connectivity index (χ4v) is 2.77. The molecule has 0 radical (unpaired) electrons. The lowest BCUT2D eigenvalue weighted by atomic mass is 10.1. The van der Waals surface area contributed by atoms with Crippen molar-refractivity contribution in [2.45, 2.75) is 45.2 Å². The van der Waals surface area contributed by atoms with Crippen molar-refractivity contribution in [2.75, 3.05) is 18.0 Å². The van der Waals surface area contributed by atoms with Crippen molar-refractivity contribution in [3.05, 3.63) is 29.8 Å². The summed E-state index contributed by atoms with van der Waals surface area (Å²) in [5, 5.41) is 3.56. The molecule has 2 heteroatoms. The Morgan fingerprint density at radius 2 is 1.94 bits per heavy atom. The molecule has 1 heterocycles. The maximum absolute atomic E-state index is 3.56. The van der Waals surface area contributed by atoms with Crippen LogP contribution in [0.2, 0.25) is 0 Å². The summed E-state index contributed by atoms with van der Waals surface area (Å²) in [7, 11) is 0. The van der Waals surface area contributed by atoms with E-state index < -0.39 is 0 Å². The topological polar surface area (TPSA) is 15.3 Å². The smallest absolute Gasteiger partial charge is 0.0366 e. The molecule has 2 fully saturated rings. The molecule has 3 rings (SSSR count). The van der Waals surface area contributed by atoms with E-state index in [1.165, 1.54) is 50.0 Å². The maximum atomic E-state index is 3.56. The molecule has 0 spiro atoms. The first-order chi connectivity index (χ1) is 8.85. The molecule has 1 N–H and O–H groups in total. The molecular formula is C16H24N2. The molecule has 2 aliphatic rings. The Hall–Kier alpha value is -1.02. The van der Waals surface area contributed by atoms with Crippen LogP contribution in [0.4, 0.5) is 5.69 Å². The molecule has 1 aromatic rings. The van der Waals surface area contributed by atoms with E-state index in [-0.39, 0.29) is 0 Å². The molecule has 0 aromatic heterocycles. The predicted octanol–water partition coefficient (Wildman–Crippen LogP) is 3.17. The Labute approximate surface area is 110 Å². The largest absolute Gasteiger partial charge is 0.371 e. The van der Waals surface area contributed by atoms with Crippen molar-refractivity contribution in [2.24, 2.45) is 5.92 Å². The first kappa shape index (κ1) is 12.0. The molecule has 1 saturated carbocycles. The molecule has 18 heavy (non-hydrogen) atoms. The summed E-state index contributed by atoms with van der Waals surface area (Å²) in [6.07, 6.45) is 5.41. The quantitative estimate of drug-likeness (QED) is 0.856. The second-order valence-corrected chi connectivity index (χ2v) is 5.83. The third kappa shape index (κ3) is 2.86. The second-order valence-electron chi connectivity index (χ2n) is 5.83. The van der Waals surface area contributed by atoms with E-state index in [1.807, 2.05) is 0 Å². The van der Waals surface area contributed by atoms with Crippen molar-refractivity contribution in [3.63, 3.8) is 0 Å². The van der Waals surface area contributed by atoms with Crippen molar-refractivity contribution >= 4 is 5.69 Å². The highest BCUT2D eigenvalue weighted by Gasteiger charge is 2.21. The van der Waals surface area contributed by atoms with Crippen LogP contribution in [0.15, 0.2) is 24.3 Å². The van der Waals surface area contributed by atoms with Gasteiger partial charge in [-0.2, -0.15) is 0 Å². The van der Waals surface area contributed by atoms with Crippen molar-refractivity contribution in [1.82, 2.24) is 5.32 Å². The lowest BCUT2D eigenvalue weighted by Crippen LogP contribution is -2.19. The van der Waals surface area contributed by atoms with Crippen LogP contribution in [0, 0.1) is 5.92 Å². The number of nitrogens with zero attached hydrogens (tertiary/aromatic N) is 1. The highest BCUT2D eigenvalue weighted by molar-refractivity contribution is 5.48. The van der Waals surface area contributed by atoms with Gasteiger partial charge in [0.15, 0.2) is 0 Å². The predicted molar refractivity (Wildman–Crippen MR) is 76.9 cm³/mol. The number of hydrogen-bond donors (Lipinski definition) is 1. The summed E-state index contributed by atoms with van der Waals surface area (Å²) in [5.41, 5.74) is 2.82. The van der Waals surface area contributed by atoms with Gasteiger partial charge in [0.1, 0.15) is 0 Å². The van der Waals surface area contributed by atoms with Gasteiger partial charge in [0.05, 0.1) is 0 Å². The number of hydrogen-bond acceptors (Lipinski definition) is 2. The molecule has 0 amide bonds. The minimum absolute atomic E-state index is 0.800. The Kier molecular flexibility index (Phi) is 3.55. The van der Waals surface area contributed by atoms with E-state index in [9.17, 15) is 0 Å². The third-order valence-electron chi connectivity index (χ3n) is 4.34. The van der Waals surface area contributed by atoms with Gasteiger partial charge in [-0.25, -0.2) is 0 Å². The summed E-state index contributed by atoms with van der Waals surface area (Å²) in [4.78, 5) is 2.53. The number of rotatable bonds is 5. The Morgan fingerprint density at radius 3 is 2.56 bits per heavy atom. The number of anilines is 1.